The first-order valence-corrected chi connectivity index (χ1v) is 7.50. The molecule has 128 valence electrons. The number of esters is 2. The average Bonchev–Trinajstić information content (AvgIpc) is 2.59. The van der Waals surface area contributed by atoms with Crippen LogP contribution >= 0.6 is 0 Å². The highest BCUT2D eigenvalue weighted by Gasteiger charge is 2.14. The summed E-state index contributed by atoms with van der Waals surface area (Å²) in [5, 5.41) is 0. The predicted octanol–water partition coefficient (Wildman–Crippen LogP) is 4.28. The van der Waals surface area contributed by atoms with Gasteiger partial charge in [0.1, 0.15) is 0 Å². The first-order valence-electron chi connectivity index (χ1n) is 7.50. The molecule has 0 bridgehead atoms. The zero-order chi connectivity index (χ0) is 18.4. The molecule has 2 rings (SSSR count). The molecule has 25 heavy (non-hydrogen) atoms. The van der Waals surface area contributed by atoms with Gasteiger partial charge >= 0.3 is 11.9 Å². The molecule has 0 aromatic heterocycles. The number of carbonyl (C=O) groups is 2. The van der Waals surface area contributed by atoms with Gasteiger partial charge in [0.15, 0.2) is 23.0 Å². The summed E-state index contributed by atoms with van der Waals surface area (Å²) in [5.41, 5.74) is 1.78. The summed E-state index contributed by atoms with van der Waals surface area (Å²) in [6, 6.07) is 10.3. The van der Waals surface area contributed by atoms with Gasteiger partial charge in [-0.25, -0.2) is 9.59 Å². The standard InChI is InChI=1S/C20H18O5/c1-5-19(21)24-17-11-13(3)7-9-15(17)23-16-10-8-14(4)12-18(16)25-20(22)6-2/h5-12H,1-2H2,3-4H3. The van der Waals surface area contributed by atoms with Crippen LogP contribution in [0, 0.1) is 13.8 Å². The Balaban J connectivity index is 2.39. The molecule has 0 aliphatic carbocycles. The number of hydrogen-bond acceptors (Lipinski definition) is 5. The Morgan fingerprint density at radius 2 is 1.16 bits per heavy atom. The fraction of sp³-hybridized carbons (Fsp3) is 0.100. The summed E-state index contributed by atoms with van der Waals surface area (Å²) in [5.74, 6) is -0.102. The zero-order valence-corrected chi connectivity index (χ0v) is 14.1. The van der Waals surface area contributed by atoms with Crippen molar-refractivity contribution in [2.75, 3.05) is 0 Å². The summed E-state index contributed by atoms with van der Waals surface area (Å²) in [7, 11) is 0. The van der Waals surface area contributed by atoms with E-state index in [0.717, 1.165) is 23.3 Å². The van der Waals surface area contributed by atoms with Crippen LogP contribution in [0.3, 0.4) is 0 Å². The second-order valence-electron chi connectivity index (χ2n) is 5.25. The van der Waals surface area contributed by atoms with Crippen LogP contribution in [0.4, 0.5) is 0 Å². The molecule has 0 aliphatic rings. The van der Waals surface area contributed by atoms with Gasteiger partial charge in [-0.2, -0.15) is 0 Å². The third kappa shape index (κ3) is 4.81. The Bertz CT molecular complexity index is 766. The van der Waals surface area contributed by atoms with E-state index >= 15 is 0 Å². The van der Waals surface area contributed by atoms with Gasteiger partial charge in [0.2, 0.25) is 0 Å². The Morgan fingerprint density at radius 3 is 1.52 bits per heavy atom. The fourth-order valence-corrected chi connectivity index (χ4v) is 1.98. The van der Waals surface area contributed by atoms with Gasteiger partial charge in [-0.05, 0) is 49.2 Å². The zero-order valence-electron chi connectivity index (χ0n) is 14.1. The van der Waals surface area contributed by atoms with Crippen LogP contribution in [0.1, 0.15) is 11.1 Å². The van der Waals surface area contributed by atoms with Gasteiger partial charge in [0, 0.05) is 12.2 Å². The highest BCUT2D eigenvalue weighted by Crippen LogP contribution is 2.37. The molecule has 0 spiro atoms. The molecule has 2 aromatic carbocycles. The Kier molecular flexibility index (Phi) is 5.74. The van der Waals surface area contributed by atoms with Crippen molar-refractivity contribution < 1.29 is 23.8 Å². The number of ether oxygens (including phenoxy) is 3. The van der Waals surface area contributed by atoms with Crippen molar-refractivity contribution in [3.63, 3.8) is 0 Å². The highest BCUT2D eigenvalue weighted by atomic mass is 16.6. The third-order valence-corrected chi connectivity index (χ3v) is 3.17. The molecule has 0 unspecified atom stereocenters. The molecular weight excluding hydrogens is 320 g/mol. The van der Waals surface area contributed by atoms with E-state index in [1.54, 1.807) is 24.3 Å². The predicted molar refractivity (Wildman–Crippen MR) is 94.1 cm³/mol. The molecule has 0 amide bonds. The normalized spacial score (nSPS) is 9.84. The molecule has 0 atom stereocenters. The topological polar surface area (TPSA) is 61.8 Å². The Hall–Kier alpha value is -3.34. The van der Waals surface area contributed by atoms with Gasteiger partial charge in [0.05, 0.1) is 0 Å². The number of carbonyl (C=O) groups excluding carboxylic acids is 2. The molecule has 0 heterocycles. The van der Waals surface area contributed by atoms with E-state index in [2.05, 4.69) is 13.2 Å². The van der Waals surface area contributed by atoms with E-state index in [-0.39, 0.29) is 11.5 Å². The molecule has 5 heteroatoms. The van der Waals surface area contributed by atoms with Crippen molar-refractivity contribution in [1.29, 1.82) is 0 Å². The van der Waals surface area contributed by atoms with Gasteiger partial charge < -0.3 is 14.2 Å². The lowest BCUT2D eigenvalue weighted by molar-refractivity contribution is -0.129. The Morgan fingerprint density at radius 1 is 0.760 bits per heavy atom. The van der Waals surface area contributed by atoms with Crippen LogP contribution in [0.2, 0.25) is 0 Å². The maximum absolute atomic E-state index is 11.5. The number of benzene rings is 2. The minimum atomic E-state index is -0.599. The Labute approximate surface area is 146 Å². The van der Waals surface area contributed by atoms with E-state index in [0.29, 0.717) is 11.5 Å². The summed E-state index contributed by atoms with van der Waals surface area (Å²) in [4.78, 5) is 23.0. The minimum absolute atomic E-state index is 0.242. The average molecular weight is 338 g/mol. The van der Waals surface area contributed by atoms with Crippen LogP contribution in [0.25, 0.3) is 0 Å². The second kappa shape index (κ2) is 7.97. The van der Waals surface area contributed by atoms with E-state index in [1.165, 1.54) is 0 Å². The first kappa shape index (κ1) is 18.0. The number of rotatable bonds is 6. The van der Waals surface area contributed by atoms with E-state index in [4.69, 9.17) is 14.2 Å². The quantitative estimate of drug-likeness (QED) is 0.447. The SMILES string of the molecule is C=CC(=O)Oc1cc(C)ccc1Oc1ccc(C)cc1OC(=O)C=C. The smallest absolute Gasteiger partial charge is 0.335 e. The second-order valence-corrected chi connectivity index (χ2v) is 5.25. The lowest BCUT2D eigenvalue weighted by Crippen LogP contribution is -2.06. The van der Waals surface area contributed by atoms with Crippen molar-refractivity contribution in [2.45, 2.75) is 13.8 Å². The van der Waals surface area contributed by atoms with Crippen LogP contribution < -0.4 is 14.2 Å². The molecule has 5 nitrogen and oxygen atoms in total. The van der Waals surface area contributed by atoms with Crippen molar-refractivity contribution in [2.24, 2.45) is 0 Å². The van der Waals surface area contributed by atoms with Gasteiger partial charge in [-0.1, -0.05) is 25.3 Å². The van der Waals surface area contributed by atoms with Crippen molar-refractivity contribution >= 4 is 11.9 Å². The minimum Gasteiger partial charge on any atom is -0.450 e. The summed E-state index contributed by atoms with van der Waals surface area (Å²) in [6.45, 7) is 10.5. The number of aryl methyl sites for hydroxylation is 2. The number of hydrogen-bond donors (Lipinski definition) is 0. The summed E-state index contributed by atoms with van der Waals surface area (Å²) >= 11 is 0. The van der Waals surface area contributed by atoms with Gasteiger partial charge in [-0.3, -0.25) is 0 Å². The first-order chi connectivity index (χ1) is 11.9. The monoisotopic (exact) mass is 338 g/mol. The molecule has 2 aromatic rings. The highest BCUT2D eigenvalue weighted by molar-refractivity contribution is 5.84. The summed E-state index contributed by atoms with van der Waals surface area (Å²) < 4.78 is 16.2. The van der Waals surface area contributed by atoms with Crippen LogP contribution in [0.15, 0.2) is 61.7 Å². The maximum atomic E-state index is 11.5. The van der Waals surface area contributed by atoms with E-state index < -0.39 is 11.9 Å². The third-order valence-electron chi connectivity index (χ3n) is 3.17. The summed E-state index contributed by atoms with van der Waals surface area (Å²) in [6.07, 6.45) is 2.13. The molecule has 0 N–H and O–H groups in total. The molecule has 0 aliphatic heterocycles. The fourth-order valence-electron chi connectivity index (χ4n) is 1.98. The lowest BCUT2D eigenvalue weighted by Gasteiger charge is -2.14. The molecule has 0 saturated carbocycles. The molecular formula is C20H18O5. The van der Waals surface area contributed by atoms with Crippen LogP contribution in [-0.2, 0) is 9.59 Å². The van der Waals surface area contributed by atoms with E-state index in [1.807, 2.05) is 26.0 Å². The molecule has 0 saturated heterocycles. The van der Waals surface area contributed by atoms with E-state index in [9.17, 15) is 9.59 Å². The van der Waals surface area contributed by atoms with Gasteiger partial charge in [-0.15, -0.1) is 0 Å². The van der Waals surface area contributed by atoms with Crippen molar-refractivity contribution in [3.8, 4) is 23.0 Å². The lowest BCUT2D eigenvalue weighted by atomic mass is 10.2. The molecule has 0 fully saturated rings. The van der Waals surface area contributed by atoms with Crippen LogP contribution in [-0.4, -0.2) is 11.9 Å². The largest absolute Gasteiger partial charge is 0.450 e. The maximum Gasteiger partial charge on any atom is 0.335 e. The van der Waals surface area contributed by atoms with Crippen molar-refractivity contribution in [3.05, 3.63) is 72.8 Å². The molecule has 0 radical (unpaired) electrons. The van der Waals surface area contributed by atoms with Crippen LogP contribution in [0.5, 0.6) is 23.0 Å². The van der Waals surface area contributed by atoms with Crippen molar-refractivity contribution in [1.82, 2.24) is 0 Å². The van der Waals surface area contributed by atoms with Gasteiger partial charge in [0.25, 0.3) is 0 Å².